The van der Waals surface area contributed by atoms with Gasteiger partial charge < -0.3 is 4.74 Å². The van der Waals surface area contributed by atoms with Crippen LogP contribution in [0.1, 0.15) is 55.2 Å². The van der Waals surface area contributed by atoms with Crippen LogP contribution in [0, 0.1) is 11.6 Å². The average Bonchev–Trinajstić information content (AvgIpc) is 2.75. The van der Waals surface area contributed by atoms with Gasteiger partial charge in [0, 0.05) is 24.0 Å². The summed E-state index contributed by atoms with van der Waals surface area (Å²) in [5, 5.41) is 0. The van der Waals surface area contributed by atoms with Gasteiger partial charge in [-0.15, -0.1) is 0 Å². The number of ether oxygens (including phenoxy) is 1. The Bertz CT molecular complexity index is 974. The van der Waals surface area contributed by atoms with Crippen LogP contribution in [0.3, 0.4) is 0 Å². The summed E-state index contributed by atoms with van der Waals surface area (Å²) in [7, 11) is 0. The molecule has 6 heteroatoms. The molecule has 0 bridgehead atoms. The summed E-state index contributed by atoms with van der Waals surface area (Å²) in [6.07, 6.45) is 10.0. The van der Waals surface area contributed by atoms with Crippen molar-refractivity contribution >= 4 is 5.97 Å². The van der Waals surface area contributed by atoms with Crippen molar-refractivity contribution in [3.63, 3.8) is 0 Å². The monoisotopic (exact) mass is 410 g/mol. The lowest BCUT2D eigenvalue weighted by atomic mass is 10.1. The number of aryl methyl sites for hydroxylation is 1. The summed E-state index contributed by atoms with van der Waals surface area (Å²) in [4.78, 5) is 20.4. The summed E-state index contributed by atoms with van der Waals surface area (Å²) in [5.41, 5.74) is 1.78. The first-order chi connectivity index (χ1) is 14.6. The third-order valence-corrected chi connectivity index (χ3v) is 4.76. The minimum atomic E-state index is -0.751. The van der Waals surface area contributed by atoms with Gasteiger partial charge in [-0.25, -0.2) is 23.5 Å². The number of carbonyl (C=O) groups excluding carboxylic acids is 1. The minimum absolute atomic E-state index is 0.0481. The Labute approximate surface area is 175 Å². The van der Waals surface area contributed by atoms with E-state index in [4.69, 9.17) is 4.74 Å². The van der Waals surface area contributed by atoms with E-state index in [1.54, 1.807) is 12.4 Å². The molecular weight excluding hydrogens is 386 g/mol. The van der Waals surface area contributed by atoms with Crippen molar-refractivity contribution in [1.29, 1.82) is 0 Å². The van der Waals surface area contributed by atoms with Gasteiger partial charge in [0.15, 0.2) is 0 Å². The molecule has 3 rings (SSSR count). The number of rotatable bonds is 9. The standard InChI is InChI=1S/C24H24F2N2O2/c1-2-3-4-5-6-7-17-15-27-23(28-16-17)24(29)30-20-12-13-21(22(26)14-20)18-8-10-19(25)11-9-18/h8-16H,2-7H2,1H3. The number of halogens is 2. The molecule has 0 saturated carbocycles. The Morgan fingerprint density at radius 1 is 0.933 bits per heavy atom. The van der Waals surface area contributed by atoms with E-state index in [0.717, 1.165) is 30.9 Å². The molecule has 1 aromatic heterocycles. The van der Waals surface area contributed by atoms with Gasteiger partial charge >= 0.3 is 5.97 Å². The van der Waals surface area contributed by atoms with Gasteiger partial charge in [-0.3, -0.25) is 0 Å². The number of hydrogen-bond acceptors (Lipinski definition) is 4. The SMILES string of the molecule is CCCCCCCc1cnc(C(=O)Oc2ccc(-c3ccc(F)cc3)c(F)c2)nc1. The molecule has 156 valence electrons. The molecule has 30 heavy (non-hydrogen) atoms. The van der Waals surface area contributed by atoms with Crippen LogP contribution >= 0.6 is 0 Å². The van der Waals surface area contributed by atoms with Gasteiger partial charge in [0.25, 0.3) is 0 Å². The number of esters is 1. The van der Waals surface area contributed by atoms with E-state index < -0.39 is 17.6 Å². The molecule has 0 fully saturated rings. The topological polar surface area (TPSA) is 52.1 Å². The fourth-order valence-corrected chi connectivity index (χ4v) is 3.10. The zero-order chi connectivity index (χ0) is 21.3. The van der Waals surface area contributed by atoms with Crippen LogP contribution in [0.4, 0.5) is 8.78 Å². The molecule has 0 spiro atoms. The molecule has 0 aliphatic heterocycles. The largest absolute Gasteiger partial charge is 0.421 e. The Hall–Kier alpha value is -3.15. The molecule has 2 aromatic carbocycles. The van der Waals surface area contributed by atoms with Crippen molar-refractivity contribution in [2.24, 2.45) is 0 Å². The fraction of sp³-hybridized carbons (Fsp3) is 0.292. The third kappa shape index (κ3) is 5.92. The highest BCUT2D eigenvalue weighted by Crippen LogP contribution is 2.26. The highest BCUT2D eigenvalue weighted by Gasteiger charge is 2.14. The third-order valence-electron chi connectivity index (χ3n) is 4.76. The van der Waals surface area contributed by atoms with Crippen molar-refractivity contribution in [3.05, 3.63) is 77.9 Å². The van der Waals surface area contributed by atoms with Crippen LogP contribution in [0.2, 0.25) is 0 Å². The van der Waals surface area contributed by atoms with Gasteiger partial charge in [0.1, 0.15) is 17.4 Å². The Morgan fingerprint density at radius 2 is 1.63 bits per heavy atom. The van der Waals surface area contributed by atoms with Crippen molar-refractivity contribution in [1.82, 2.24) is 9.97 Å². The number of hydrogen-bond donors (Lipinski definition) is 0. The molecule has 0 unspecified atom stereocenters. The van der Waals surface area contributed by atoms with Gasteiger partial charge in [-0.2, -0.15) is 0 Å². The molecule has 0 N–H and O–H groups in total. The normalized spacial score (nSPS) is 10.8. The zero-order valence-corrected chi connectivity index (χ0v) is 16.9. The minimum Gasteiger partial charge on any atom is -0.421 e. The zero-order valence-electron chi connectivity index (χ0n) is 16.9. The summed E-state index contributed by atoms with van der Waals surface area (Å²) in [6.45, 7) is 2.18. The molecule has 0 aliphatic carbocycles. The Kier molecular flexibility index (Phi) is 7.60. The molecule has 0 saturated heterocycles. The van der Waals surface area contributed by atoms with E-state index in [2.05, 4.69) is 16.9 Å². The lowest BCUT2D eigenvalue weighted by Gasteiger charge is -2.07. The molecule has 0 radical (unpaired) electrons. The number of aromatic nitrogens is 2. The molecule has 1 heterocycles. The second kappa shape index (κ2) is 10.6. The van der Waals surface area contributed by atoms with Crippen molar-refractivity contribution in [3.8, 4) is 16.9 Å². The molecule has 3 aromatic rings. The summed E-state index contributed by atoms with van der Waals surface area (Å²) in [6, 6.07) is 9.56. The number of carbonyl (C=O) groups is 1. The molecule has 4 nitrogen and oxygen atoms in total. The van der Waals surface area contributed by atoms with Gasteiger partial charge in [-0.05, 0) is 48.2 Å². The summed E-state index contributed by atoms with van der Waals surface area (Å²) >= 11 is 0. The molecule has 0 aliphatic rings. The fourth-order valence-electron chi connectivity index (χ4n) is 3.10. The second-order valence-corrected chi connectivity index (χ2v) is 7.12. The van der Waals surface area contributed by atoms with Crippen LogP contribution in [-0.4, -0.2) is 15.9 Å². The highest BCUT2D eigenvalue weighted by atomic mass is 19.1. The van der Waals surface area contributed by atoms with Gasteiger partial charge in [0.05, 0.1) is 0 Å². The first-order valence-electron chi connectivity index (χ1n) is 10.2. The maximum Gasteiger partial charge on any atom is 0.381 e. The smallest absolute Gasteiger partial charge is 0.381 e. The van der Waals surface area contributed by atoms with Crippen molar-refractivity contribution < 1.29 is 18.3 Å². The molecule has 0 amide bonds. The van der Waals surface area contributed by atoms with Crippen LogP contribution in [0.25, 0.3) is 11.1 Å². The van der Waals surface area contributed by atoms with E-state index in [1.165, 1.54) is 55.7 Å². The first kappa shape index (κ1) is 21.6. The average molecular weight is 410 g/mol. The number of benzene rings is 2. The van der Waals surface area contributed by atoms with E-state index in [1.807, 2.05) is 0 Å². The number of nitrogens with zero attached hydrogens (tertiary/aromatic N) is 2. The lowest BCUT2D eigenvalue weighted by Crippen LogP contribution is -2.13. The van der Waals surface area contributed by atoms with Gasteiger partial charge in [0.2, 0.25) is 5.82 Å². The van der Waals surface area contributed by atoms with E-state index in [0.29, 0.717) is 5.56 Å². The predicted molar refractivity (Wildman–Crippen MR) is 111 cm³/mol. The van der Waals surface area contributed by atoms with E-state index >= 15 is 0 Å². The van der Waals surface area contributed by atoms with E-state index in [9.17, 15) is 13.6 Å². The molecule has 0 atom stereocenters. The van der Waals surface area contributed by atoms with E-state index in [-0.39, 0.29) is 17.1 Å². The predicted octanol–water partition coefficient (Wildman–Crippen LogP) is 6.15. The second-order valence-electron chi connectivity index (χ2n) is 7.12. The highest BCUT2D eigenvalue weighted by molar-refractivity contribution is 5.87. The maximum atomic E-state index is 14.4. The van der Waals surface area contributed by atoms with Gasteiger partial charge in [-0.1, -0.05) is 44.7 Å². The van der Waals surface area contributed by atoms with Crippen LogP contribution in [0.5, 0.6) is 5.75 Å². The number of unbranched alkanes of at least 4 members (excludes halogenated alkanes) is 4. The first-order valence-corrected chi connectivity index (χ1v) is 10.2. The van der Waals surface area contributed by atoms with Crippen LogP contribution in [0.15, 0.2) is 54.9 Å². The summed E-state index contributed by atoms with van der Waals surface area (Å²) < 4.78 is 32.7. The Morgan fingerprint density at radius 3 is 2.30 bits per heavy atom. The van der Waals surface area contributed by atoms with Crippen molar-refractivity contribution in [2.75, 3.05) is 0 Å². The molecular formula is C24H24F2N2O2. The van der Waals surface area contributed by atoms with Crippen molar-refractivity contribution in [2.45, 2.75) is 45.4 Å². The quantitative estimate of drug-likeness (QED) is 0.241. The summed E-state index contributed by atoms with van der Waals surface area (Å²) in [5.74, 6) is -1.75. The maximum absolute atomic E-state index is 14.4. The lowest BCUT2D eigenvalue weighted by molar-refractivity contribution is 0.0721. The van der Waals surface area contributed by atoms with Crippen LogP contribution in [-0.2, 0) is 6.42 Å². The Balaban J connectivity index is 1.59. The van der Waals surface area contributed by atoms with Crippen LogP contribution < -0.4 is 4.74 Å².